The average molecular weight is 308 g/mol. The number of hydrogen-bond acceptors (Lipinski definition) is 5. The summed E-state index contributed by atoms with van der Waals surface area (Å²) in [5.41, 5.74) is 0.839. The van der Waals surface area contributed by atoms with Crippen LogP contribution in [0.25, 0.3) is 11.3 Å². The van der Waals surface area contributed by atoms with Crippen molar-refractivity contribution in [3.05, 3.63) is 41.4 Å². The van der Waals surface area contributed by atoms with Gasteiger partial charge in [-0.3, -0.25) is 15.1 Å². The number of amides is 1. The van der Waals surface area contributed by atoms with Crippen LogP contribution in [0, 0.1) is 0 Å². The molecular formula is C13H10ClN3O2S. The van der Waals surface area contributed by atoms with E-state index in [4.69, 9.17) is 16.0 Å². The van der Waals surface area contributed by atoms with E-state index in [1.165, 1.54) is 18.2 Å². The Hall–Kier alpha value is -1.79. The summed E-state index contributed by atoms with van der Waals surface area (Å²) in [6, 6.07) is 7.15. The fourth-order valence-corrected chi connectivity index (χ4v) is 2.76. The van der Waals surface area contributed by atoms with Gasteiger partial charge in [0.15, 0.2) is 23.0 Å². The van der Waals surface area contributed by atoms with E-state index in [1.54, 1.807) is 12.1 Å². The molecule has 20 heavy (non-hydrogen) atoms. The van der Waals surface area contributed by atoms with Gasteiger partial charge in [-0.05, 0) is 12.1 Å². The van der Waals surface area contributed by atoms with Crippen molar-refractivity contribution < 1.29 is 9.21 Å². The quantitative estimate of drug-likeness (QED) is 0.926. The lowest BCUT2D eigenvalue weighted by atomic mass is 10.1. The number of nitrogens with zero attached hydrogens (tertiary/aromatic N) is 2. The normalized spacial score (nSPS) is 14.2. The van der Waals surface area contributed by atoms with Crippen LogP contribution in [0.4, 0.5) is 0 Å². The molecule has 1 N–H and O–H groups in total. The Kier molecular flexibility index (Phi) is 3.75. The molecule has 1 amide bonds. The fourth-order valence-electron chi connectivity index (χ4n) is 1.81. The monoisotopic (exact) mass is 307 g/mol. The Bertz CT molecular complexity index is 684. The Morgan fingerprint density at radius 1 is 1.40 bits per heavy atom. The van der Waals surface area contributed by atoms with Crippen molar-refractivity contribution in [1.29, 1.82) is 0 Å². The molecule has 2 heterocycles. The van der Waals surface area contributed by atoms with Gasteiger partial charge < -0.3 is 4.42 Å². The number of aliphatic imine (C=N–C) groups is 1. The van der Waals surface area contributed by atoms with Crippen molar-refractivity contribution in [2.45, 2.75) is 0 Å². The van der Waals surface area contributed by atoms with Gasteiger partial charge in [-0.1, -0.05) is 35.5 Å². The fraction of sp³-hybridized carbons (Fsp3) is 0.154. The van der Waals surface area contributed by atoms with Crippen LogP contribution >= 0.6 is 23.4 Å². The minimum atomic E-state index is -0.346. The van der Waals surface area contributed by atoms with E-state index in [2.05, 4.69) is 15.3 Å². The van der Waals surface area contributed by atoms with E-state index in [-0.39, 0.29) is 11.6 Å². The van der Waals surface area contributed by atoms with Crippen LogP contribution in [0.1, 0.15) is 10.5 Å². The van der Waals surface area contributed by atoms with E-state index in [0.717, 1.165) is 12.3 Å². The van der Waals surface area contributed by atoms with Crippen molar-refractivity contribution in [2.75, 3.05) is 12.3 Å². The van der Waals surface area contributed by atoms with Gasteiger partial charge in [0.05, 0.1) is 11.6 Å². The zero-order chi connectivity index (χ0) is 13.9. The summed E-state index contributed by atoms with van der Waals surface area (Å²) in [5.74, 6) is 0.893. The molecule has 7 heteroatoms. The van der Waals surface area contributed by atoms with Crippen LogP contribution in [0.2, 0.25) is 5.02 Å². The van der Waals surface area contributed by atoms with Crippen molar-refractivity contribution in [2.24, 2.45) is 4.99 Å². The number of aromatic nitrogens is 1. The molecule has 3 rings (SSSR count). The van der Waals surface area contributed by atoms with Crippen LogP contribution < -0.4 is 5.32 Å². The van der Waals surface area contributed by atoms with Crippen LogP contribution in [0.3, 0.4) is 0 Å². The molecule has 102 valence electrons. The van der Waals surface area contributed by atoms with E-state index in [1.807, 2.05) is 12.1 Å². The number of amidine groups is 1. The third-order valence-corrected chi connectivity index (χ3v) is 3.93. The summed E-state index contributed by atoms with van der Waals surface area (Å²) < 4.78 is 5.31. The number of oxazole rings is 1. The van der Waals surface area contributed by atoms with Crippen LogP contribution in [0.5, 0.6) is 0 Å². The third kappa shape index (κ3) is 2.57. The topological polar surface area (TPSA) is 67.5 Å². The van der Waals surface area contributed by atoms with Gasteiger partial charge in [-0.15, -0.1) is 0 Å². The van der Waals surface area contributed by atoms with Gasteiger partial charge in [0, 0.05) is 11.3 Å². The summed E-state index contributed by atoms with van der Waals surface area (Å²) in [5, 5.41) is 3.84. The average Bonchev–Trinajstić information content (AvgIpc) is 3.09. The Labute approximate surface area is 124 Å². The van der Waals surface area contributed by atoms with Crippen molar-refractivity contribution in [3.63, 3.8) is 0 Å². The first-order chi connectivity index (χ1) is 9.75. The van der Waals surface area contributed by atoms with E-state index in [0.29, 0.717) is 21.5 Å². The highest BCUT2D eigenvalue weighted by Crippen LogP contribution is 2.29. The molecule has 0 atom stereocenters. The molecule has 1 aliphatic heterocycles. The molecule has 0 saturated heterocycles. The molecule has 2 aromatic rings. The predicted molar refractivity (Wildman–Crippen MR) is 79.2 cm³/mol. The SMILES string of the molecule is O=C(NC1=NCCS1)c1ncoc1-c1ccccc1Cl. The van der Waals surface area contributed by atoms with E-state index < -0.39 is 0 Å². The first kappa shape index (κ1) is 13.2. The number of carbonyl (C=O) groups excluding carboxylic acids is 1. The second-order valence-corrected chi connectivity index (χ2v) is 5.49. The van der Waals surface area contributed by atoms with Gasteiger partial charge in [-0.25, -0.2) is 4.98 Å². The number of hydrogen-bond donors (Lipinski definition) is 1. The zero-order valence-electron chi connectivity index (χ0n) is 10.3. The lowest BCUT2D eigenvalue weighted by Gasteiger charge is -2.04. The molecule has 0 radical (unpaired) electrons. The maximum absolute atomic E-state index is 12.2. The number of rotatable bonds is 2. The van der Waals surface area contributed by atoms with E-state index in [9.17, 15) is 4.79 Å². The van der Waals surface area contributed by atoms with Crippen LogP contribution in [-0.4, -0.2) is 28.4 Å². The highest BCUT2D eigenvalue weighted by molar-refractivity contribution is 8.14. The molecule has 0 aliphatic carbocycles. The molecule has 5 nitrogen and oxygen atoms in total. The molecule has 0 unspecified atom stereocenters. The number of carbonyl (C=O) groups is 1. The molecule has 1 aromatic heterocycles. The minimum absolute atomic E-state index is 0.202. The third-order valence-electron chi connectivity index (χ3n) is 2.71. The first-order valence-electron chi connectivity index (χ1n) is 5.92. The second kappa shape index (κ2) is 5.68. The molecule has 1 aliphatic rings. The van der Waals surface area contributed by atoms with Crippen LogP contribution in [-0.2, 0) is 0 Å². The predicted octanol–water partition coefficient (Wildman–Crippen LogP) is 2.83. The number of thioether (sulfide) groups is 1. The maximum Gasteiger partial charge on any atom is 0.279 e. The van der Waals surface area contributed by atoms with Crippen LogP contribution in [0.15, 0.2) is 40.1 Å². The lowest BCUT2D eigenvalue weighted by Crippen LogP contribution is -2.28. The number of halogens is 1. The summed E-state index contributed by atoms with van der Waals surface area (Å²) in [7, 11) is 0. The Morgan fingerprint density at radius 3 is 3.00 bits per heavy atom. The molecule has 0 fully saturated rings. The van der Waals surface area contributed by atoms with Gasteiger partial charge in [0.25, 0.3) is 5.91 Å². The number of benzene rings is 1. The van der Waals surface area contributed by atoms with Crippen molar-refractivity contribution in [1.82, 2.24) is 10.3 Å². The molecule has 0 saturated carbocycles. The first-order valence-corrected chi connectivity index (χ1v) is 7.29. The summed E-state index contributed by atoms with van der Waals surface area (Å²) in [6.07, 6.45) is 1.23. The number of nitrogens with one attached hydrogen (secondary N) is 1. The van der Waals surface area contributed by atoms with Crippen molar-refractivity contribution >= 4 is 34.4 Å². The highest BCUT2D eigenvalue weighted by Gasteiger charge is 2.21. The summed E-state index contributed by atoms with van der Waals surface area (Å²) in [4.78, 5) is 20.3. The standard InChI is InChI=1S/C13H10ClN3O2S/c14-9-4-2-1-3-8(9)11-10(16-7-19-11)12(18)17-13-15-5-6-20-13/h1-4,7H,5-6H2,(H,15,17,18). The summed E-state index contributed by atoms with van der Waals surface area (Å²) >= 11 is 7.62. The summed E-state index contributed by atoms with van der Waals surface area (Å²) in [6.45, 7) is 0.719. The maximum atomic E-state index is 12.2. The van der Waals surface area contributed by atoms with E-state index >= 15 is 0 Å². The minimum Gasteiger partial charge on any atom is -0.443 e. The highest BCUT2D eigenvalue weighted by atomic mass is 35.5. The second-order valence-electron chi connectivity index (χ2n) is 4.00. The van der Waals surface area contributed by atoms with Gasteiger partial charge in [-0.2, -0.15) is 0 Å². The Balaban J connectivity index is 1.90. The molecule has 1 aromatic carbocycles. The smallest absolute Gasteiger partial charge is 0.279 e. The van der Waals surface area contributed by atoms with Crippen molar-refractivity contribution in [3.8, 4) is 11.3 Å². The zero-order valence-corrected chi connectivity index (χ0v) is 11.9. The largest absolute Gasteiger partial charge is 0.443 e. The molecular weight excluding hydrogens is 298 g/mol. The van der Waals surface area contributed by atoms with Gasteiger partial charge >= 0.3 is 0 Å². The Morgan fingerprint density at radius 2 is 2.25 bits per heavy atom. The molecule has 0 bridgehead atoms. The lowest BCUT2D eigenvalue weighted by molar-refractivity contribution is 0.0974. The van der Waals surface area contributed by atoms with Gasteiger partial charge in [0.1, 0.15) is 0 Å². The molecule has 0 spiro atoms. The van der Waals surface area contributed by atoms with Gasteiger partial charge in [0.2, 0.25) is 0 Å².